The van der Waals surface area contributed by atoms with Crippen LogP contribution in [0, 0.1) is 60.2 Å². The minimum absolute atomic E-state index is 0.573. The molecule has 6 saturated carbocycles. The summed E-state index contributed by atoms with van der Waals surface area (Å²) in [6.07, 6.45) is 35.3. The van der Waals surface area contributed by atoms with Gasteiger partial charge in [-0.15, -0.1) is 0 Å². The van der Waals surface area contributed by atoms with Crippen LogP contribution in [0.1, 0.15) is 217 Å². The van der Waals surface area contributed by atoms with E-state index in [0.29, 0.717) is 6.10 Å². The molecule has 0 unspecified atom stereocenters. The van der Waals surface area contributed by atoms with Crippen LogP contribution >= 0.6 is 0 Å². The van der Waals surface area contributed by atoms with E-state index in [1.165, 1.54) is 140 Å². The molecule has 0 atom stereocenters. The number of benzene rings is 2. The van der Waals surface area contributed by atoms with Crippen molar-refractivity contribution >= 4 is 0 Å². The third-order valence-corrected chi connectivity index (χ3v) is 16.7. The molecule has 2 aromatic carbocycles. The zero-order valence-electron chi connectivity index (χ0n) is 39.3. The molecule has 0 bridgehead atoms. The van der Waals surface area contributed by atoms with Gasteiger partial charge in [0.05, 0.1) is 13.2 Å². The van der Waals surface area contributed by atoms with E-state index in [1.807, 2.05) is 7.11 Å². The standard InChI is InChI=1S/C14H26O.C14H20O.C14H26.C14H20/c2*1-11-3-5-12(6-4-11)13-7-9-14(15-2)10-8-13;2*1-11-3-7-13(8-4-11)14-9-5-12(2)6-10-14/h11-14H,3-10H2,1-2H3;7-12H,3-6H2,1-2H3;11-14H,3-10H2,1-2H3;3-4,7-8,12,14H,5-6,9-10H2,1-2H3. The number of hydrogen-bond acceptors (Lipinski definition) is 2. The number of rotatable bonds is 6. The van der Waals surface area contributed by atoms with E-state index in [0.717, 1.165) is 70.8 Å². The van der Waals surface area contributed by atoms with Gasteiger partial charge in [0.15, 0.2) is 0 Å². The van der Waals surface area contributed by atoms with Crippen molar-refractivity contribution in [3.63, 3.8) is 0 Å². The summed E-state index contributed by atoms with van der Waals surface area (Å²) in [5, 5.41) is 0. The quantitative estimate of drug-likeness (QED) is 0.290. The van der Waals surface area contributed by atoms with Crippen LogP contribution in [0.25, 0.3) is 0 Å². The van der Waals surface area contributed by atoms with E-state index >= 15 is 0 Å². The maximum atomic E-state index is 5.44. The van der Waals surface area contributed by atoms with Crippen LogP contribution in [-0.4, -0.2) is 20.3 Å². The Kier molecular flexibility index (Phi) is 20.5. The summed E-state index contributed by atoms with van der Waals surface area (Å²) in [7, 11) is 3.59. The second-order valence-electron chi connectivity index (χ2n) is 21.4. The van der Waals surface area contributed by atoms with Gasteiger partial charge in [-0.3, -0.25) is 0 Å². The molecular formula is C56H92O2. The van der Waals surface area contributed by atoms with E-state index in [9.17, 15) is 0 Å². The summed E-state index contributed by atoms with van der Waals surface area (Å²) in [6.45, 7) is 14.2. The van der Waals surface area contributed by atoms with E-state index in [2.05, 4.69) is 90.1 Å². The molecule has 0 N–H and O–H groups in total. The third kappa shape index (κ3) is 15.9. The lowest BCUT2D eigenvalue weighted by molar-refractivity contribution is 0.0399. The fraction of sp³-hybridized carbons (Fsp3) is 0.786. The van der Waals surface area contributed by atoms with Crippen molar-refractivity contribution in [1.29, 1.82) is 0 Å². The molecular weight excluding hydrogens is 705 g/mol. The Hall–Kier alpha value is -1.80. The lowest BCUT2D eigenvalue weighted by Gasteiger charge is -2.36. The Bertz CT molecular complexity index is 1300. The van der Waals surface area contributed by atoms with Crippen LogP contribution in [0.3, 0.4) is 0 Å². The molecule has 8 rings (SSSR count). The van der Waals surface area contributed by atoms with E-state index in [4.69, 9.17) is 9.47 Å². The summed E-state index contributed by atoms with van der Waals surface area (Å²) >= 11 is 0. The van der Waals surface area contributed by atoms with Gasteiger partial charge in [0.2, 0.25) is 0 Å². The number of aryl methyl sites for hydroxylation is 1. The Morgan fingerprint density at radius 2 is 0.621 bits per heavy atom. The predicted molar refractivity (Wildman–Crippen MR) is 251 cm³/mol. The molecule has 2 aromatic rings. The van der Waals surface area contributed by atoms with Gasteiger partial charge in [0, 0.05) is 7.11 Å². The van der Waals surface area contributed by atoms with Gasteiger partial charge in [0.25, 0.3) is 0 Å². The second-order valence-corrected chi connectivity index (χ2v) is 21.4. The molecule has 6 aliphatic rings. The molecule has 328 valence electrons. The van der Waals surface area contributed by atoms with Crippen molar-refractivity contribution in [1.82, 2.24) is 0 Å². The fourth-order valence-corrected chi connectivity index (χ4v) is 12.0. The fourth-order valence-electron chi connectivity index (χ4n) is 12.0. The molecule has 0 spiro atoms. The Balaban J connectivity index is 0.000000147. The summed E-state index contributed by atoms with van der Waals surface area (Å²) in [6, 6.07) is 17.7. The maximum absolute atomic E-state index is 5.44. The van der Waals surface area contributed by atoms with E-state index < -0.39 is 0 Å². The van der Waals surface area contributed by atoms with Gasteiger partial charge in [-0.2, -0.15) is 0 Å². The van der Waals surface area contributed by atoms with Crippen molar-refractivity contribution in [2.24, 2.45) is 53.3 Å². The molecule has 0 radical (unpaired) electrons. The monoisotopic (exact) mass is 797 g/mol. The smallest absolute Gasteiger partial charge is 0.118 e. The molecule has 0 saturated heterocycles. The maximum Gasteiger partial charge on any atom is 0.118 e. The molecule has 2 nitrogen and oxygen atoms in total. The molecule has 0 aliphatic heterocycles. The zero-order valence-corrected chi connectivity index (χ0v) is 39.3. The first-order valence-corrected chi connectivity index (χ1v) is 25.3. The second kappa shape index (κ2) is 25.2. The van der Waals surface area contributed by atoms with Crippen molar-refractivity contribution in [2.75, 3.05) is 14.2 Å². The first kappa shape index (κ1) is 47.3. The van der Waals surface area contributed by atoms with Gasteiger partial charge in [0.1, 0.15) is 5.75 Å². The molecule has 0 heterocycles. The topological polar surface area (TPSA) is 18.5 Å². The van der Waals surface area contributed by atoms with Gasteiger partial charge >= 0.3 is 0 Å². The van der Waals surface area contributed by atoms with Crippen molar-refractivity contribution in [2.45, 2.75) is 214 Å². The van der Waals surface area contributed by atoms with Crippen LogP contribution in [-0.2, 0) is 4.74 Å². The van der Waals surface area contributed by atoms with Crippen molar-refractivity contribution in [3.8, 4) is 5.75 Å². The van der Waals surface area contributed by atoms with Crippen LogP contribution in [0.4, 0.5) is 0 Å². The summed E-state index contributed by atoms with van der Waals surface area (Å²) in [5.74, 6) is 11.8. The minimum atomic E-state index is 0.573. The van der Waals surface area contributed by atoms with Crippen LogP contribution < -0.4 is 4.74 Å². The first-order valence-electron chi connectivity index (χ1n) is 25.3. The van der Waals surface area contributed by atoms with Crippen LogP contribution in [0.5, 0.6) is 5.75 Å². The highest BCUT2D eigenvalue weighted by Crippen LogP contribution is 2.42. The van der Waals surface area contributed by atoms with E-state index in [1.54, 1.807) is 38.4 Å². The largest absolute Gasteiger partial charge is 0.497 e. The molecule has 6 fully saturated rings. The first-order chi connectivity index (χ1) is 28.1. The lowest BCUT2D eigenvalue weighted by atomic mass is 9.70. The number of hydrogen-bond donors (Lipinski definition) is 0. The summed E-state index contributed by atoms with van der Waals surface area (Å²) < 4.78 is 10.6. The van der Waals surface area contributed by atoms with Crippen LogP contribution in [0.2, 0.25) is 0 Å². The van der Waals surface area contributed by atoms with Crippen LogP contribution in [0.15, 0.2) is 48.5 Å². The van der Waals surface area contributed by atoms with Crippen molar-refractivity contribution < 1.29 is 9.47 Å². The van der Waals surface area contributed by atoms with Gasteiger partial charge in [-0.05, 0) is 185 Å². The Morgan fingerprint density at radius 3 is 0.914 bits per heavy atom. The van der Waals surface area contributed by atoms with Gasteiger partial charge in [-0.1, -0.05) is 141 Å². The average molecular weight is 797 g/mol. The lowest BCUT2D eigenvalue weighted by Crippen LogP contribution is -2.27. The van der Waals surface area contributed by atoms with E-state index in [-0.39, 0.29) is 0 Å². The van der Waals surface area contributed by atoms with Crippen molar-refractivity contribution in [3.05, 3.63) is 65.2 Å². The average Bonchev–Trinajstić information content (AvgIpc) is 3.26. The molecule has 58 heavy (non-hydrogen) atoms. The predicted octanol–water partition coefficient (Wildman–Crippen LogP) is 16.9. The number of methoxy groups -OCH3 is 2. The summed E-state index contributed by atoms with van der Waals surface area (Å²) in [5.41, 5.74) is 4.42. The SMILES string of the molecule is CC1CCC(C2CCC(C)CC2)CC1.COC1CCC(C2CCC(C)CC2)CC1.COc1ccc(C2CCC(C)CC2)cc1.Cc1ccc(C2CCC(C)CC2)cc1. The molecule has 2 heteroatoms. The number of ether oxygens (including phenoxy) is 2. The molecule has 0 amide bonds. The Morgan fingerprint density at radius 1 is 0.345 bits per heavy atom. The van der Waals surface area contributed by atoms with Gasteiger partial charge < -0.3 is 9.47 Å². The zero-order chi connectivity index (χ0) is 41.3. The molecule has 6 aliphatic carbocycles. The van der Waals surface area contributed by atoms with Gasteiger partial charge in [-0.25, -0.2) is 0 Å². The highest BCUT2D eigenvalue weighted by Gasteiger charge is 2.30. The highest BCUT2D eigenvalue weighted by atomic mass is 16.5. The summed E-state index contributed by atoms with van der Waals surface area (Å²) in [4.78, 5) is 0. The highest BCUT2D eigenvalue weighted by molar-refractivity contribution is 5.29. The molecule has 0 aromatic heterocycles. The third-order valence-electron chi connectivity index (χ3n) is 16.7. The Labute approximate surface area is 360 Å². The normalized spacial score (nSPS) is 35.4. The minimum Gasteiger partial charge on any atom is -0.497 e.